The van der Waals surface area contributed by atoms with E-state index < -0.39 is 0 Å². The Balaban J connectivity index is 1.84. The normalized spacial score (nSPS) is 10.6. The highest BCUT2D eigenvalue weighted by atomic mass is 15.0. The Kier molecular flexibility index (Phi) is 3.15. The number of hydrogen-bond donors (Lipinski definition) is 1. The van der Waals surface area contributed by atoms with Crippen LogP contribution in [0.4, 0.5) is 5.82 Å². The zero-order valence-electron chi connectivity index (χ0n) is 10.9. The Morgan fingerprint density at radius 1 is 0.947 bits per heavy atom. The van der Waals surface area contributed by atoms with E-state index in [1.165, 1.54) is 21.9 Å². The maximum Gasteiger partial charge on any atom is 0.126 e. The molecule has 1 N–H and O–H groups in total. The molecule has 0 aliphatic rings. The van der Waals surface area contributed by atoms with Gasteiger partial charge in [-0.3, -0.25) is 0 Å². The summed E-state index contributed by atoms with van der Waals surface area (Å²) in [5.74, 6) is 0.915. The second-order valence-corrected chi connectivity index (χ2v) is 4.71. The van der Waals surface area contributed by atoms with E-state index in [2.05, 4.69) is 58.8 Å². The van der Waals surface area contributed by atoms with Crippen molar-refractivity contribution < 1.29 is 0 Å². The van der Waals surface area contributed by atoms with Crippen molar-refractivity contribution >= 4 is 16.6 Å². The highest BCUT2D eigenvalue weighted by Crippen LogP contribution is 2.19. The molecule has 19 heavy (non-hydrogen) atoms. The van der Waals surface area contributed by atoms with Crippen LogP contribution in [0, 0.1) is 6.92 Å². The minimum atomic E-state index is 0.789. The Morgan fingerprint density at radius 2 is 1.79 bits per heavy atom. The van der Waals surface area contributed by atoms with Crippen LogP contribution in [0.5, 0.6) is 0 Å². The number of nitrogens with zero attached hydrogens (tertiary/aromatic N) is 1. The van der Waals surface area contributed by atoms with Crippen LogP contribution in [0.3, 0.4) is 0 Å². The van der Waals surface area contributed by atoms with Gasteiger partial charge >= 0.3 is 0 Å². The van der Waals surface area contributed by atoms with Gasteiger partial charge in [0.1, 0.15) is 5.82 Å². The topological polar surface area (TPSA) is 24.9 Å². The summed E-state index contributed by atoms with van der Waals surface area (Å²) in [4.78, 5) is 4.36. The summed E-state index contributed by atoms with van der Waals surface area (Å²) < 4.78 is 0. The van der Waals surface area contributed by atoms with Gasteiger partial charge in [-0.1, -0.05) is 48.5 Å². The van der Waals surface area contributed by atoms with Crippen molar-refractivity contribution in [3.8, 4) is 0 Å². The molecule has 1 heterocycles. The maximum absolute atomic E-state index is 4.36. The lowest BCUT2D eigenvalue weighted by molar-refractivity contribution is 1.12. The SMILES string of the molecule is Cc1ccc(NCc2cccc3ccccc23)nc1. The molecule has 0 radical (unpaired) electrons. The summed E-state index contributed by atoms with van der Waals surface area (Å²) in [5, 5.41) is 5.94. The Morgan fingerprint density at radius 3 is 2.63 bits per heavy atom. The lowest BCUT2D eigenvalue weighted by Crippen LogP contribution is -2.01. The fourth-order valence-electron chi connectivity index (χ4n) is 2.20. The zero-order valence-corrected chi connectivity index (χ0v) is 10.9. The van der Waals surface area contributed by atoms with E-state index in [-0.39, 0.29) is 0 Å². The summed E-state index contributed by atoms with van der Waals surface area (Å²) in [7, 11) is 0. The van der Waals surface area contributed by atoms with Crippen molar-refractivity contribution in [3.05, 3.63) is 71.9 Å². The lowest BCUT2D eigenvalue weighted by atomic mass is 10.0. The Labute approximate surface area is 113 Å². The number of aryl methyl sites for hydroxylation is 1. The van der Waals surface area contributed by atoms with Crippen LogP contribution in [0.25, 0.3) is 10.8 Å². The molecule has 0 bridgehead atoms. The first-order valence-electron chi connectivity index (χ1n) is 6.46. The van der Waals surface area contributed by atoms with E-state index in [1.807, 2.05) is 19.2 Å². The molecule has 0 saturated heterocycles. The van der Waals surface area contributed by atoms with Crippen LogP contribution < -0.4 is 5.32 Å². The Bertz CT molecular complexity index is 682. The molecule has 0 unspecified atom stereocenters. The highest BCUT2D eigenvalue weighted by molar-refractivity contribution is 5.85. The molecule has 0 aliphatic heterocycles. The Hall–Kier alpha value is -2.35. The van der Waals surface area contributed by atoms with Crippen molar-refractivity contribution in [2.45, 2.75) is 13.5 Å². The molecule has 2 aromatic carbocycles. The van der Waals surface area contributed by atoms with Gasteiger partial charge in [0.2, 0.25) is 0 Å². The third-order valence-electron chi connectivity index (χ3n) is 3.25. The molecule has 3 rings (SSSR count). The zero-order chi connectivity index (χ0) is 13.1. The van der Waals surface area contributed by atoms with Crippen molar-refractivity contribution in [2.24, 2.45) is 0 Å². The van der Waals surface area contributed by atoms with Crippen LogP contribution in [0.1, 0.15) is 11.1 Å². The molecule has 0 amide bonds. The van der Waals surface area contributed by atoms with Gasteiger partial charge in [-0.2, -0.15) is 0 Å². The average Bonchev–Trinajstić information content (AvgIpc) is 2.47. The number of fused-ring (bicyclic) bond motifs is 1. The lowest BCUT2D eigenvalue weighted by Gasteiger charge is -2.09. The second kappa shape index (κ2) is 5.11. The summed E-state index contributed by atoms with van der Waals surface area (Å²) in [6.45, 7) is 2.83. The van der Waals surface area contributed by atoms with Crippen molar-refractivity contribution in [1.82, 2.24) is 4.98 Å². The molecule has 1 aromatic heterocycles. The average molecular weight is 248 g/mol. The number of pyridine rings is 1. The molecular formula is C17H16N2. The number of hydrogen-bond acceptors (Lipinski definition) is 2. The minimum Gasteiger partial charge on any atom is -0.366 e. The molecule has 0 fully saturated rings. The molecule has 0 aliphatic carbocycles. The van der Waals surface area contributed by atoms with Crippen molar-refractivity contribution in [3.63, 3.8) is 0 Å². The van der Waals surface area contributed by atoms with Gasteiger partial charge in [-0.25, -0.2) is 4.98 Å². The number of rotatable bonds is 3. The maximum atomic E-state index is 4.36. The van der Waals surface area contributed by atoms with Crippen LogP contribution in [-0.4, -0.2) is 4.98 Å². The first kappa shape index (κ1) is 11.7. The van der Waals surface area contributed by atoms with Gasteiger partial charge in [0.25, 0.3) is 0 Å². The highest BCUT2D eigenvalue weighted by Gasteiger charge is 2.00. The van der Waals surface area contributed by atoms with Gasteiger partial charge in [0.05, 0.1) is 0 Å². The quantitative estimate of drug-likeness (QED) is 0.753. The summed E-state index contributed by atoms with van der Waals surface area (Å²) in [5.41, 5.74) is 2.47. The molecule has 0 spiro atoms. The fourth-order valence-corrected chi connectivity index (χ4v) is 2.20. The standard InChI is InChI=1S/C17H16N2/c1-13-9-10-17(18-11-13)19-12-15-7-4-6-14-5-2-3-8-16(14)15/h2-11H,12H2,1H3,(H,18,19). The van der Waals surface area contributed by atoms with Gasteiger partial charge in [0, 0.05) is 12.7 Å². The van der Waals surface area contributed by atoms with Gasteiger partial charge < -0.3 is 5.32 Å². The van der Waals surface area contributed by atoms with Gasteiger partial charge in [0.15, 0.2) is 0 Å². The molecule has 94 valence electrons. The van der Waals surface area contributed by atoms with Gasteiger partial charge in [-0.15, -0.1) is 0 Å². The molecule has 2 heteroatoms. The first-order valence-corrected chi connectivity index (χ1v) is 6.46. The summed E-state index contributed by atoms with van der Waals surface area (Å²) in [6.07, 6.45) is 1.88. The smallest absolute Gasteiger partial charge is 0.126 e. The van der Waals surface area contributed by atoms with Gasteiger partial charge in [-0.05, 0) is 34.9 Å². The largest absolute Gasteiger partial charge is 0.366 e. The van der Waals surface area contributed by atoms with Crippen LogP contribution in [-0.2, 0) is 6.54 Å². The molecule has 3 aromatic rings. The number of aromatic nitrogens is 1. The predicted octanol–water partition coefficient (Wildman–Crippen LogP) is 4.16. The van der Waals surface area contributed by atoms with E-state index in [4.69, 9.17) is 0 Å². The molecule has 0 atom stereocenters. The predicted molar refractivity (Wildman–Crippen MR) is 80.2 cm³/mol. The van der Waals surface area contributed by atoms with E-state index in [1.54, 1.807) is 0 Å². The van der Waals surface area contributed by atoms with E-state index in [9.17, 15) is 0 Å². The van der Waals surface area contributed by atoms with Crippen molar-refractivity contribution in [1.29, 1.82) is 0 Å². The van der Waals surface area contributed by atoms with Crippen molar-refractivity contribution in [2.75, 3.05) is 5.32 Å². The first-order chi connectivity index (χ1) is 9.33. The van der Waals surface area contributed by atoms with Crippen LogP contribution in [0.15, 0.2) is 60.8 Å². The monoisotopic (exact) mass is 248 g/mol. The van der Waals surface area contributed by atoms with E-state index in [0.717, 1.165) is 12.4 Å². The number of anilines is 1. The second-order valence-electron chi connectivity index (χ2n) is 4.71. The third kappa shape index (κ3) is 2.58. The number of benzene rings is 2. The van der Waals surface area contributed by atoms with Crippen LogP contribution >= 0.6 is 0 Å². The number of nitrogens with one attached hydrogen (secondary N) is 1. The van der Waals surface area contributed by atoms with Crippen LogP contribution in [0.2, 0.25) is 0 Å². The summed E-state index contributed by atoms with van der Waals surface area (Å²) in [6, 6.07) is 18.9. The summed E-state index contributed by atoms with van der Waals surface area (Å²) >= 11 is 0. The van der Waals surface area contributed by atoms with E-state index in [0.29, 0.717) is 0 Å². The molecular weight excluding hydrogens is 232 g/mol. The third-order valence-corrected chi connectivity index (χ3v) is 3.25. The molecule has 0 saturated carbocycles. The fraction of sp³-hybridized carbons (Fsp3) is 0.118. The van der Waals surface area contributed by atoms with E-state index >= 15 is 0 Å². The minimum absolute atomic E-state index is 0.789. The molecule has 2 nitrogen and oxygen atoms in total.